The van der Waals surface area contributed by atoms with Crippen LogP contribution in [0.4, 0.5) is 0 Å². The van der Waals surface area contributed by atoms with Crippen molar-refractivity contribution in [3.05, 3.63) is 48.3 Å². The van der Waals surface area contributed by atoms with Gasteiger partial charge in [0.15, 0.2) is 0 Å². The van der Waals surface area contributed by atoms with Crippen molar-refractivity contribution in [1.82, 2.24) is 29.8 Å². The summed E-state index contributed by atoms with van der Waals surface area (Å²) >= 11 is 0. The molecule has 2 heterocycles. The van der Waals surface area contributed by atoms with Gasteiger partial charge >= 0.3 is 0 Å². The van der Waals surface area contributed by atoms with Gasteiger partial charge in [-0.2, -0.15) is 5.10 Å². The summed E-state index contributed by atoms with van der Waals surface area (Å²) in [7, 11) is 1.83. The first-order valence-corrected chi connectivity index (χ1v) is 10.8. The molecular weight excluding hydrogens is 392 g/mol. The molecule has 0 radical (unpaired) electrons. The number of hydrogen-bond acceptors (Lipinski definition) is 5. The summed E-state index contributed by atoms with van der Waals surface area (Å²) in [6.07, 6.45) is 3.76. The van der Waals surface area contributed by atoms with E-state index in [9.17, 15) is 9.59 Å². The quantitative estimate of drug-likeness (QED) is 0.724. The van der Waals surface area contributed by atoms with Crippen LogP contribution in [0.3, 0.4) is 0 Å². The number of amides is 2. The van der Waals surface area contributed by atoms with Crippen LogP contribution in [0.1, 0.15) is 26.3 Å². The summed E-state index contributed by atoms with van der Waals surface area (Å²) in [5.74, 6) is 0.138. The van der Waals surface area contributed by atoms with Crippen LogP contribution in [0, 0.1) is 0 Å². The van der Waals surface area contributed by atoms with E-state index in [4.69, 9.17) is 0 Å². The van der Waals surface area contributed by atoms with Crippen LogP contribution in [-0.4, -0.2) is 88.1 Å². The first-order chi connectivity index (χ1) is 14.7. The van der Waals surface area contributed by atoms with Gasteiger partial charge in [0, 0.05) is 57.1 Å². The molecule has 0 saturated carbocycles. The summed E-state index contributed by atoms with van der Waals surface area (Å²) < 4.78 is 1.82. The molecule has 1 aliphatic heterocycles. The van der Waals surface area contributed by atoms with E-state index in [2.05, 4.69) is 20.2 Å². The fourth-order valence-electron chi connectivity index (χ4n) is 3.60. The summed E-state index contributed by atoms with van der Waals surface area (Å²) in [6, 6.07) is 9.92. The molecule has 0 unspecified atom stereocenters. The third kappa shape index (κ3) is 7.18. The Morgan fingerprint density at radius 1 is 1.03 bits per heavy atom. The van der Waals surface area contributed by atoms with Gasteiger partial charge in [0.25, 0.3) is 0 Å². The van der Waals surface area contributed by atoms with Crippen molar-refractivity contribution in [3.63, 3.8) is 0 Å². The average molecular weight is 427 g/mol. The van der Waals surface area contributed by atoms with E-state index in [1.54, 1.807) is 11.1 Å². The van der Waals surface area contributed by atoms with Crippen molar-refractivity contribution in [2.24, 2.45) is 0 Å². The van der Waals surface area contributed by atoms with E-state index in [0.29, 0.717) is 19.6 Å². The molecule has 0 bridgehead atoms. The highest BCUT2D eigenvalue weighted by atomic mass is 16.2. The lowest BCUT2D eigenvalue weighted by Gasteiger charge is -2.35. The molecule has 0 aliphatic carbocycles. The second-order valence-electron chi connectivity index (χ2n) is 9.23. The summed E-state index contributed by atoms with van der Waals surface area (Å²) in [5.41, 5.74) is 1.78. The number of aromatic nitrogens is 2. The SMILES string of the molecule is CN(Cc1cnn(-c2ccccc2)c1)C(=O)CN1CCN(CC(=O)NC(C)(C)C)CC1. The van der Waals surface area contributed by atoms with Crippen LogP contribution in [-0.2, 0) is 16.1 Å². The van der Waals surface area contributed by atoms with E-state index < -0.39 is 0 Å². The topological polar surface area (TPSA) is 73.7 Å². The van der Waals surface area contributed by atoms with Gasteiger partial charge in [-0.1, -0.05) is 18.2 Å². The molecule has 2 amide bonds. The van der Waals surface area contributed by atoms with Crippen molar-refractivity contribution >= 4 is 11.8 Å². The minimum atomic E-state index is -0.215. The van der Waals surface area contributed by atoms with E-state index in [0.717, 1.165) is 37.4 Å². The number of hydrogen-bond donors (Lipinski definition) is 1. The molecule has 1 aromatic carbocycles. The van der Waals surface area contributed by atoms with Crippen LogP contribution in [0.5, 0.6) is 0 Å². The second-order valence-corrected chi connectivity index (χ2v) is 9.23. The highest BCUT2D eigenvalue weighted by Gasteiger charge is 2.23. The lowest BCUT2D eigenvalue weighted by molar-refractivity contribution is -0.132. The number of nitrogens with zero attached hydrogens (tertiary/aromatic N) is 5. The van der Waals surface area contributed by atoms with Gasteiger partial charge in [0.05, 0.1) is 25.0 Å². The number of benzene rings is 1. The Morgan fingerprint density at radius 2 is 1.65 bits per heavy atom. The fraction of sp³-hybridized carbons (Fsp3) is 0.522. The lowest BCUT2D eigenvalue weighted by atomic mass is 10.1. The number of likely N-dealkylation sites (N-methyl/N-ethyl adjacent to an activating group) is 1. The molecule has 168 valence electrons. The number of rotatable bonds is 7. The molecule has 1 saturated heterocycles. The number of para-hydroxylation sites is 1. The highest BCUT2D eigenvalue weighted by molar-refractivity contribution is 5.79. The van der Waals surface area contributed by atoms with E-state index in [-0.39, 0.29) is 17.4 Å². The second kappa shape index (κ2) is 10.1. The molecule has 3 rings (SSSR count). The number of nitrogens with one attached hydrogen (secondary N) is 1. The van der Waals surface area contributed by atoms with Gasteiger partial charge in [-0.25, -0.2) is 4.68 Å². The third-order valence-corrected chi connectivity index (χ3v) is 5.21. The molecule has 1 aromatic heterocycles. The van der Waals surface area contributed by atoms with Gasteiger partial charge in [-0.3, -0.25) is 19.4 Å². The maximum absolute atomic E-state index is 12.7. The summed E-state index contributed by atoms with van der Waals surface area (Å²) in [6.45, 7) is 10.4. The molecule has 1 N–H and O–H groups in total. The monoisotopic (exact) mass is 426 g/mol. The Kier molecular flexibility index (Phi) is 7.46. The molecule has 1 aliphatic rings. The van der Waals surface area contributed by atoms with Crippen molar-refractivity contribution in [1.29, 1.82) is 0 Å². The third-order valence-electron chi connectivity index (χ3n) is 5.21. The standard InChI is InChI=1S/C23H34N6O2/c1-23(2,3)25-21(30)17-27-10-12-28(13-11-27)18-22(31)26(4)15-19-14-24-29(16-19)20-8-6-5-7-9-20/h5-9,14,16H,10-13,15,17-18H2,1-4H3,(H,25,30). The van der Waals surface area contributed by atoms with Crippen LogP contribution in [0.25, 0.3) is 5.69 Å². The van der Waals surface area contributed by atoms with E-state index in [1.165, 1.54) is 0 Å². The van der Waals surface area contributed by atoms with Gasteiger partial charge < -0.3 is 10.2 Å². The largest absolute Gasteiger partial charge is 0.350 e. The first kappa shape index (κ1) is 23.0. The molecule has 2 aromatic rings. The van der Waals surface area contributed by atoms with Crippen LogP contribution < -0.4 is 5.32 Å². The maximum Gasteiger partial charge on any atom is 0.236 e. The molecule has 8 nitrogen and oxygen atoms in total. The molecule has 31 heavy (non-hydrogen) atoms. The molecule has 0 atom stereocenters. The minimum Gasteiger partial charge on any atom is -0.350 e. The molecule has 8 heteroatoms. The van der Waals surface area contributed by atoms with Crippen molar-refractivity contribution in [3.8, 4) is 5.69 Å². The van der Waals surface area contributed by atoms with Crippen LogP contribution in [0.15, 0.2) is 42.7 Å². The summed E-state index contributed by atoms with van der Waals surface area (Å²) in [4.78, 5) is 30.8. The number of piperazine rings is 1. The number of carbonyl (C=O) groups is 2. The normalized spacial score (nSPS) is 15.6. The molecular formula is C23H34N6O2. The Bertz CT molecular complexity index is 866. The maximum atomic E-state index is 12.7. The zero-order chi connectivity index (χ0) is 22.4. The average Bonchev–Trinajstić information content (AvgIpc) is 3.17. The Labute approximate surface area is 184 Å². The Hall–Kier alpha value is -2.71. The summed E-state index contributed by atoms with van der Waals surface area (Å²) in [5, 5.41) is 7.40. The van der Waals surface area contributed by atoms with Crippen LogP contribution >= 0.6 is 0 Å². The Morgan fingerprint density at radius 3 is 2.26 bits per heavy atom. The lowest BCUT2D eigenvalue weighted by Crippen LogP contribution is -2.53. The smallest absolute Gasteiger partial charge is 0.236 e. The minimum absolute atomic E-state index is 0.0489. The van der Waals surface area contributed by atoms with Crippen molar-refractivity contribution < 1.29 is 9.59 Å². The van der Waals surface area contributed by atoms with Gasteiger partial charge in [-0.15, -0.1) is 0 Å². The van der Waals surface area contributed by atoms with E-state index >= 15 is 0 Å². The molecule has 1 fully saturated rings. The van der Waals surface area contributed by atoms with Gasteiger partial charge in [-0.05, 0) is 32.9 Å². The highest BCUT2D eigenvalue weighted by Crippen LogP contribution is 2.10. The fourth-order valence-corrected chi connectivity index (χ4v) is 3.60. The van der Waals surface area contributed by atoms with Crippen molar-refractivity contribution in [2.45, 2.75) is 32.9 Å². The van der Waals surface area contributed by atoms with Crippen LogP contribution in [0.2, 0.25) is 0 Å². The zero-order valence-corrected chi connectivity index (χ0v) is 19.0. The number of carbonyl (C=O) groups excluding carboxylic acids is 2. The predicted molar refractivity (Wildman–Crippen MR) is 121 cm³/mol. The first-order valence-electron chi connectivity index (χ1n) is 10.8. The van der Waals surface area contributed by atoms with Gasteiger partial charge in [0.1, 0.15) is 0 Å². The van der Waals surface area contributed by atoms with E-state index in [1.807, 2.05) is 69.0 Å². The Balaban J connectivity index is 1.42. The molecule has 0 spiro atoms. The zero-order valence-electron chi connectivity index (χ0n) is 19.0. The van der Waals surface area contributed by atoms with Gasteiger partial charge in [0.2, 0.25) is 11.8 Å². The van der Waals surface area contributed by atoms with Crippen molar-refractivity contribution in [2.75, 3.05) is 46.3 Å². The predicted octanol–water partition coefficient (Wildman–Crippen LogP) is 1.36.